The number of nitrogens with zero attached hydrogens (tertiary/aromatic N) is 2. The molecule has 2 aromatic heterocycles. The number of halogens is 1. The van der Waals surface area contributed by atoms with Crippen LogP contribution in [0.2, 0.25) is 0 Å². The lowest BCUT2D eigenvalue weighted by Crippen LogP contribution is -2.51. The molecule has 15 nitrogen and oxygen atoms in total. The van der Waals surface area contributed by atoms with Crippen molar-refractivity contribution in [3.63, 3.8) is 0 Å². The zero-order chi connectivity index (χ0) is 49.2. The van der Waals surface area contributed by atoms with Crippen LogP contribution in [-0.4, -0.2) is 118 Å². The van der Waals surface area contributed by atoms with E-state index in [2.05, 4.69) is 22.5 Å². The van der Waals surface area contributed by atoms with Gasteiger partial charge < -0.3 is 57.3 Å². The number of hydrogen-bond donors (Lipinski definition) is 3. The van der Waals surface area contributed by atoms with Crippen molar-refractivity contribution in [2.45, 2.75) is 177 Å². The van der Waals surface area contributed by atoms with Crippen LogP contribution in [0.15, 0.2) is 92.2 Å². The molecule has 5 aliphatic rings. The molecule has 0 radical (unpaired) electrons. The molecular weight excluding hydrogens is 952 g/mol. The summed E-state index contributed by atoms with van der Waals surface area (Å²) in [5.41, 5.74) is 3.86. The van der Waals surface area contributed by atoms with Gasteiger partial charge in [0.05, 0.1) is 67.5 Å². The Labute approximate surface area is 414 Å². The number of fused-ring (bicyclic) bond motifs is 9. The molecule has 0 aliphatic carbocycles. The second-order valence-electron chi connectivity index (χ2n) is 19.5. The van der Waals surface area contributed by atoms with Crippen molar-refractivity contribution in [3.05, 3.63) is 107 Å². The van der Waals surface area contributed by atoms with Crippen molar-refractivity contribution in [2.75, 3.05) is 14.2 Å². The van der Waals surface area contributed by atoms with E-state index in [4.69, 9.17) is 52.0 Å². The Morgan fingerprint density at radius 1 is 0.986 bits per heavy atom. The third kappa shape index (κ3) is 14.6. The topological polar surface area (TPSA) is 194 Å². The number of carbonyl (C=O) groups excluding carboxylic acids is 1. The number of ether oxygens (including phenoxy) is 7. The first-order chi connectivity index (χ1) is 33.1. The largest absolute Gasteiger partial charge is 0.458 e. The van der Waals surface area contributed by atoms with Gasteiger partial charge in [0, 0.05) is 57.8 Å². The lowest BCUT2D eigenvalue weighted by Gasteiger charge is -2.44. The van der Waals surface area contributed by atoms with E-state index in [1.54, 1.807) is 37.6 Å². The number of carbonyl (C=O) groups is 1. The zero-order valence-electron chi connectivity index (χ0n) is 40.7. The summed E-state index contributed by atoms with van der Waals surface area (Å²) in [6.07, 6.45) is 19.5. The van der Waals surface area contributed by atoms with E-state index in [9.17, 15) is 20.1 Å². The van der Waals surface area contributed by atoms with Crippen molar-refractivity contribution in [3.8, 4) is 0 Å². The highest BCUT2D eigenvalue weighted by molar-refractivity contribution is 9.11. The Morgan fingerprint density at radius 2 is 1.78 bits per heavy atom. The number of aliphatic hydroxyl groups excluding tert-OH is 2. The monoisotopic (exact) mass is 1020 g/mol. The molecule has 8 bridgehead atoms. The second-order valence-corrected chi connectivity index (χ2v) is 20.0. The van der Waals surface area contributed by atoms with Crippen LogP contribution >= 0.6 is 15.9 Å². The van der Waals surface area contributed by atoms with Gasteiger partial charge in [-0.2, -0.15) is 0 Å². The Kier molecular flexibility index (Phi) is 18.9. The van der Waals surface area contributed by atoms with E-state index in [0.717, 1.165) is 16.7 Å². The summed E-state index contributed by atoms with van der Waals surface area (Å²) in [4.78, 5) is 24.8. The maximum Gasteiger partial charge on any atom is 0.330 e. The number of hydrogen-bond acceptors (Lipinski definition) is 15. The summed E-state index contributed by atoms with van der Waals surface area (Å²) in [5.74, 6) is -1.95. The maximum absolute atomic E-state index is 13.6. The standard InChI is InChI=1S/C53H71BrN2O13/c1-31(16-17-38(61-6)12-10-18-54)21-44(58)47-26-42(62-7)27-53(60,69-47)28-49-55-36(29-63-49)22-33(3)51-35(5)52-34(4)45(67-51)13-9-14-48-56-43(30-64-48)46-24-37(57)23-41(66-46)25-40-20-32(2)19-39(65-40)11-8-15-50(59)68-52/h8-10,14-18,21-22,29-30,34-35,37-42,44-47,51-52,57-58,60H,2,11-13,19-20,23-28H2,1,3-7H3/b14-9+,15-8-,17-16+,18-10+,31-21+,33-22+/t34-,35+,37-,38?,39+,40-,41+,42?,44?,45-,46-,47?,51+,52+,53?/m0/s1. The molecule has 0 aromatic carbocycles. The van der Waals surface area contributed by atoms with Crippen LogP contribution in [0.25, 0.3) is 12.2 Å². The molecule has 5 aliphatic heterocycles. The SMILES string of the molecule is C=C1C[C@H]2C/C=C\C(=O)O[C@@H]3[C@@H](C)[C@H](C/C=C/c4nc(co4)[C@@H]4C[C@@H](O)C[C@H](C[C@H](C1)O2)O4)O[C@H](/C(C)=C/c1coc(CC2(O)CC(OC)CC(C(O)/C=C(C)/C=C/C(C/C=C/Br)OC)O2)n1)[C@H]3C. The summed E-state index contributed by atoms with van der Waals surface area (Å²) in [6.45, 7) is 12.2. The molecule has 7 rings (SSSR count). The van der Waals surface area contributed by atoms with Crippen LogP contribution in [0.5, 0.6) is 0 Å². The van der Waals surface area contributed by atoms with Gasteiger partial charge in [-0.05, 0) is 75.1 Å². The third-order valence-electron chi connectivity index (χ3n) is 13.9. The fourth-order valence-corrected chi connectivity index (χ4v) is 10.6. The molecule has 3 N–H and O–H groups in total. The van der Waals surface area contributed by atoms with Gasteiger partial charge in [-0.3, -0.25) is 0 Å². The molecule has 16 heteroatoms. The minimum Gasteiger partial charge on any atom is -0.458 e. The summed E-state index contributed by atoms with van der Waals surface area (Å²) >= 11 is 3.28. The van der Waals surface area contributed by atoms with Crippen molar-refractivity contribution in [1.29, 1.82) is 0 Å². The molecule has 0 saturated carbocycles. The summed E-state index contributed by atoms with van der Waals surface area (Å²) in [7, 11) is 3.22. The van der Waals surface area contributed by atoms with Crippen molar-refractivity contribution >= 4 is 34.1 Å². The van der Waals surface area contributed by atoms with Gasteiger partial charge >= 0.3 is 5.97 Å². The summed E-state index contributed by atoms with van der Waals surface area (Å²) < 4.78 is 55.2. The summed E-state index contributed by atoms with van der Waals surface area (Å²) in [5, 5.41) is 33.9. The van der Waals surface area contributed by atoms with Crippen LogP contribution in [0.3, 0.4) is 0 Å². The highest BCUT2D eigenvalue weighted by Gasteiger charge is 2.45. The van der Waals surface area contributed by atoms with Crippen LogP contribution in [-0.2, 0) is 44.4 Å². The number of allylic oxidation sites excluding steroid dienone is 2. The number of aromatic nitrogens is 2. The van der Waals surface area contributed by atoms with Crippen molar-refractivity contribution in [2.24, 2.45) is 11.8 Å². The molecule has 4 fully saturated rings. The Balaban J connectivity index is 1.06. The average molecular weight is 1020 g/mol. The predicted octanol–water partition coefficient (Wildman–Crippen LogP) is 8.76. The molecule has 15 atom stereocenters. The fourth-order valence-electron chi connectivity index (χ4n) is 10.4. The number of oxazole rings is 2. The first-order valence-electron chi connectivity index (χ1n) is 24.3. The van der Waals surface area contributed by atoms with E-state index >= 15 is 0 Å². The Morgan fingerprint density at radius 3 is 2.57 bits per heavy atom. The quantitative estimate of drug-likeness (QED) is 0.104. The van der Waals surface area contributed by atoms with E-state index in [1.165, 1.54) is 12.3 Å². The first-order valence-corrected chi connectivity index (χ1v) is 25.2. The highest BCUT2D eigenvalue weighted by Crippen LogP contribution is 2.40. The smallest absolute Gasteiger partial charge is 0.330 e. The van der Waals surface area contributed by atoms with E-state index in [0.29, 0.717) is 75.1 Å². The average Bonchev–Trinajstić information content (AvgIpc) is 3.96. The molecule has 378 valence electrons. The van der Waals surface area contributed by atoms with Crippen LogP contribution in [0.1, 0.15) is 121 Å². The minimum absolute atomic E-state index is 0.0830. The molecule has 69 heavy (non-hydrogen) atoms. The molecule has 2 aromatic rings. The van der Waals surface area contributed by atoms with Crippen LogP contribution < -0.4 is 0 Å². The predicted molar refractivity (Wildman–Crippen MR) is 261 cm³/mol. The van der Waals surface area contributed by atoms with Gasteiger partial charge in [-0.1, -0.05) is 84.0 Å². The third-order valence-corrected chi connectivity index (χ3v) is 14.2. The van der Waals surface area contributed by atoms with Gasteiger partial charge in [0.1, 0.15) is 36.1 Å². The molecule has 7 heterocycles. The Bertz CT molecular complexity index is 2210. The van der Waals surface area contributed by atoms with Gasteiger partial charge in [0.25, 0.3) is 0 Å². The van der Waals surface area contributed by atoms with Crippen molar-refractivity contribution < 1.29 is 62.1 Å². The Hall–Kier alpha value is -3.81. The number of rotatable bonds is 12. The first kappa shape index (κ1) is 53.0. The normalized spacial score (nSPS) is 36.1. The number of methoxy groups -OCH3 is 2. The van der Waals surface area contributed by atoms with Gasteiger partial charge in [0.15, 0.2) is 11.7 Å². The van der Waals surface area contributed by atoms with Gasteiger partial charge in [-0.25, -0.2) is 14.8 Å². The molecular formula is C53H71BrN2O13. The molecule has 0 spiro atoms. The van der Waals surface area contributed by atoms with Crippen LogP contribution in [0, 0.1) is 11.8 Å². The summed E-state index contributed by atoms with van der Waals surface area (Å²) in [6, 6.07) is 0. The lowest BCUT2D eigenvalue weighted by atomic mass is 9.79. The second kappa shape index (κ2) is 24.5. The van der Waals surface area contributed by atoms with Gasteiger partial charge in [-0.15, -0.1) is 0 Å². The van der Waals surface area contributed by atoms with E-state index < -0.39 is 48.4 Å². The van der Waals surface area contributed by atoms with E-state index in [1.807, 2.05) is 64.2 Å². The minimum atomic E-state index is -1.73. The maximum atomic E-state index is 13.6. The molecule has 4 saturated heterocycles. The highest BCUT2D eigenvalue weighted by atomic mass is 79.9. The lowest BCUT2D eigenvalue weighted by molar-refractivity contribution is -0.286. The van der Waals surface area contributed by atoms with Gasteiger partial charge in [0.2, 0.25) is 5.89 Å². The fraction of sp³-hybridized carbons (Fsp3) is 0.604. The number of esters is 1. The van der Waals surface area contributed by atoms with E-state index in [-0.39, 0.29) is 67.2 Å². The molecule has 5 unspecified atom stereocenters. The van der Waals surface area contributed by atoms with Crippen LogP contribution in [0.4, 0.5) is 0 Å². The molecule has 0 amide bonds. The van der Waals surface area contributed by atoms with Crippen molar-refractivity contribution in [1.82, 2.24) is 9.97 Å². The zero-order valence-corrected chi connectivity index (χ0v) is 42.3. The number of aliphatic hydroxyl groups is 3.